The number of aryl methyl sites for hydroxylation is 1. The Morgan fingerprint density at radius 2 is 1.57 bits per heavy atom. The summed E-state index contributed by atoms with van der Waals surface area (Å²) in [5, 5.41) is 0. The summed E-state index contributed by atoms with van der Waals surface area (Å²) >= 11 is -0.367. The van der Waals surface area contributed by atoms with Crippen molar-refractivity contribution >= 4 is 12.0 Å². The second-order valence-electron chi connectivity index (χ2n) is 8.36. The molecule has 0 aromatic heterocycles. The minimum absolute atomic E-state index is 0. The van der Waals surface area contributed by atoms with Crippen LogP contribution in [0.4, 0.5) is 0 Å². The van der Waals surface area contributed by atoms with Gasteiger partial charge in [0.2, 0.25) is 0 Å². The molecule has 0 saturated carbocycles. The van der Waals surface area contributed by atoms with E-state index in [1.807, 2.05) is 0 Å². The maximum Gasteiger partial charge on any atom is -1.00 e. The van der Waals surface area contributed by atoms with Gasteiger partial charge >= 0.3 is 186 Å². The standard InChI is InChI=1S/C24H29.C2H6Si.2ClH.Zr/c1-3-5-6-7-10-20-17-22-11-8-12-23(24(22)18-20)21-15-13-19(9-4-2)14-16-21;1-3-2;;;/h8,11-18H,3-7,9-10H2,1-2H3;1-2H3;2*1H;/q;;;;+2/p-2. The first-order valence-corrected chi connectivity index (χ1v) is 18.7. The summed E-state index contributed by atoms with van der Waals surface area (Å²) in [6.07, 6.45) is 11.8. The average molecular weight is 538 g/mol. The molecule has 4 heteroatoms. The Hall–Kier alpha value is -0.140. The van der Waals surface area contributed by atoms with Gasteiger partial charge in [-0.05, 0) is 0 Å². The van der Waals surface area contributed by atoms with Crippen molar-refractivity contribution in [3.63, 3.8) is 0 Å². The van der Waals surface area contributed by atoms with Gasteiger partial charge in [0.15, 0.2) is 0 Å². The number of benzene rings is 2. The number of fused-ring (bicyclic) bond motifs is 1. The molecule has 0 spiro atoms. The molecule has 0 nitrogen and oxygen atoms in total. The third-order valence-electron chi connectivity index (χ3n) is 5.71. The number of hydrogen-bond donors (Lipinski definition) is 0. The van der Waals surface area contributed by atoms with Gasteiger partial charge in [-0.2, -0.15) is 0 Å². The quantitative estimate of drug-likeness (QED) is 0.322. The van der Waals surface area contributed by atoms with Crippen LogP contribution in [0.1, 0.15) is 72.7 Å². The van der Waals surface area contributed by atoms with Gasteiger partial charge in [0.1, 0.15) is 0 Å². The van der Waals surface area contributed by atoms with E-state index in [9.17, 15) is 0 Å². The fourth-order valence-corrected chi connectivity index (χ4v) is 13.2. The Balaban J connectivity index is 0.00000225. The molecule has 1 aliphatic carbocycles. The zero-order valence-corrected chi connectivity index (χ0v) is 23.9. The number of rotatable bonds is 10. The number of hydrogen-bond acceptors (Lipinski definition) is 0. The smallest absolute Gasteiger partial charge is 1.00 e. The molecular formula is C26H35Cl2SiZr. The molecule has 0 bridgehead atoms. The normalized spacial score (nSPS) is 14.4. The van der Waals surface area contributed by atoms with Crippen LogP contribution in [-0.4, -0.2) is 5.92 Å². The first kappa shape index (κ1) is 27.9. The topological polar surface area (TPSA) is 0 Å². The van der Waals surface area contributed by atoms with Crippen molar-refractivity contribution < 1.29 is 47.2 Å². The van der Waals surface area contributed by atoms with E-state index in [-0.39, 0.29) is 53.1 Å². The van der Waals surface area contributed by atoms with Crippen molar-refractivity contribution in [1.29, 1.82) is 0 Å². The summed E-state index contributed by atoms with van der Waals surface area (Å²) in [6.45, 7) is 9.65. The molecule has 1 atom stereocenters. The van der Waals surface area contributed by atoms with E-state index in [0.717, 1.165) is 3.63 Å². The maximum atomic E-state index is 2.60. The molecule has 0 fully saturated rings. The summed E-state index contributed by atoms with van der Waals surface area (Å²) in [7, 11) is 0. The van der Waals surface area contributed by atoms with Crippen LogP contribution < -0.4 is 24.8 Å². The predicted octanol–water partition coefficient (Wildman–Crippen LogP) is 2.06. The fourth-order valence-electron chi connectivity index (χ4n) is 4.29. The Kier molecular flexibility index (Phi) is 13.1. The zero-order valence-electron chi connectivity index (χ0n) is 18.9. The Morgan fingerprint density at radius 3 is 2.20 bits per heavy atom. The van der Waals surface area contributed by atoms with Crippen LogP contribution in [0.15, 0.2) is 48.0 Å². The molecule has 0 N–H and O–H groups in total. The van der Waals surface area contributed by atoms with E-state index in [2.05, 4.69) is 75.5 Å². The van der Waals surface area contributed by atoms with E-state index in [1.165, 1.54) is 61.6 Å². The van der Waals surface area contributed by atoms with Crippen molar-refractivity contribution in [3.05, 3.63) is 64.7 Å². The molecule has 2 aromatic carbocycles. The van der Waals surface area contributed by atoms with Gasteiger partial charge in [-0.1, -0.05) is 0 Å². The van der Waals surface area contributed by atoms with E-state index >= 15 is 0 Å². The van der Waals surface area contributed by atoms with Crippen LogP contribution in [0.3, 0.4) is 0 Å². The van der Waals surface area contributed by atoms with E-state index in [4.69, 9.17) is 0 Å². The molecule has 1 radical (unpaired) electrons. The molecule has 1 unspecified atom stereocenters. The van der Waals surface area contributed by atoms with Gasteiger partial charge in [0.25, 0.3) is 0 Å². The van der Waals surface area contributed by atoms with Crippen molar-refractivity contribution in [2.24, 2.45) is 0 Å². The Bertz CT molecular complexity index is 799. The van der Waals surface area contributed by atoms with Crippen molar-refractivity contribution in [1.82, 2.24) is 0 Å². The summed E-state index contributed by atoms with van der Waals surface area (Å²) in [5.74, 6) is -0.0855. The first-order valence-electron chi connectivity index (χ1n) is 11.1. The van der Waals surface area contributed by atoms with Crippen molar-refractivity contribution in [2.45, 2.75) is 75.5 Å². The minimum Gasteiger partial charge on any atom is -1.00 e. The molecule has 0 saturated heterocycles. The maximum absolute atomic E-state index is 2.60. The molecule has 0 aliphatic heterocycles. The molecule has 3 rings (SSSR count). The molecule has 2 aromatic rings. The van der Waals surface area contributed by atoms with Crippen LogP contribution in [-0.2, 0) is 28.8 Å². The fraction of sp³-hybridized carbons (Fsp3) is 0.462. The largest absolute Gasteiger partial charge is 1.00 e. The molecular weight excluding hydrogens is 503 g/mol. The van der Waals surface area contributed by atoms with Crippen LogP contribution in [0.2, 0.25) is 13.1 Å². The zero-order chi connectivity index (χ0) is 19.9. The SMILES string of the molecule is CCCCCCC1=Cc2c(-c3ccc(CCC)cc3)cccc2[CH]1[Zr+2][Si](C)C.[Cl-].[Cl-]. The van der Waals surface area contributed by atoms with E-state index < -0.39 is 0 Å². The van der Waals surface area contributed by atoms with Crippen LogP contribution >= 0.6 is 0 Å². The van der Waals surface area contributed by atoms with Crippen LogP contribution in [0.5, 0.6) is 0 Å². The first-order chi connectivity index (χ1) is 13.6. The second-order valence-corrected chi connectivity index (χ2v) is 21.6. The summed E-state index contributed by atoms with van der Waals surface area (Å²) in [5.41, 5.74) is 9.29. The van der Waals surface area contributed by atoms with Crippen molar-refractivity contribution in [3.8, 4) is 11.1 Å². The second kappa shape index (κ2) is 14.1. The van der Waals surface area contributed by atoms with Gasteiger partial charge in [-0.15, -0.1) is 0 Å². The van der Waals surface area contributed by atoms with Crippen LogP contribution in [0, 0.1) is 0 Å². The molecule has 0 heterocycles. The number of allylic oxidation sites excluding steroid dienone is 1. The van der Waals surface area contributed by atoms with E-state index in [1.54, 1.807) is 16.7 Å². The minimum atomic E-state index is -0.367. The van der Waals surface area contributed by atoms with Gasteiger partial charge < -0.3 is 24.8 Å². The third-order valence-corrected chi connectivity index (χ3v) is 14.6. The predicted molar refractivity (Wildman–Crippen MR) is 123 cm³/mol. The molecule has 161 valence electrons. The van der Waals surface area contributed by atoms with Crippen molar-refractivity contribution in [2.75, 3.05) is 0 Å². The molecule has 1 aliphatic rings. The summed E-state index contributed by atoms with van der Waals surface area (Å²) in [6, 6.07) is 16.4. The summed E-state index contributed by atoms with van der Waals surface area (Å²) < 4.78 is 0.837. The van der Waals surface area contributed by atoms with E-state index in [0.29, 0.717) is 0 Å². The molecule has 0 amide bonds. The van der Waals surface area contributed by atoms with Gasteiger partial charge in [0, 0.05) is 0 Å². The Morgan fingerprint density at radius 1 is 0.833 bits per heavy atom. The molecule has 30 heavy (non-hydrogen) atoms. The average Bonchev–Trinajstić information content (AvgIpc) is 3.03. The third kappa shape index (κ3) is 7.19. The number of unbranched alkanes of at least 4 members (excludes halogenated alkanes) is 3. The number of halogens is 2. The van der Waals surface area contributed by atoms with Gasteiger partial charge in [-0.25, -0.2) is 0 Å². The van der Waals surface area contributed by atoms with Crippen LogP contribution in [0.25, 0.3) is 17.2 Å². The van der Waals surface area contributed by atoms with Gasteiger partial charge in [-0.3, -0.25) is 0 Å². The van der Waals surface area contributed by atoms with Gasteiger partial charge in [0.05, 0.1) is 0 Å². The monoisotopic (exact) mass is 535 g/mol. The Labute approximate surface area is 209 Å². The summed E-state index contributed by atoms with van der Waals surface area (Å²) in [4.78, 5) is 0.